The molecule has 4 aromatic rings. The zero-order valence-corrected chi connectivity index (χ0v) is 14.3. The summed E-state index contributed by atoms with van der Waals surface area (Å²) in [4.78, 5) is 4.16. The van der Waals surface area contributed by atoms with E-state index < -0.39 is 0 Å². The average Bonchev–Trinajstić information content (AvgIpc) is 3.01. The number of fused-ring (bicyclic) bond motifs is 1. The second-order valence-corrected chi connectivity index (χ2v) is 6.32. The Morgan fingerprint density at radius 2 is 1.76 bits per heavy atom. The third-order valence-corrected chi connectivity index (χ3v) is 4.62. The average molecular weight is 327 g/mol. The first-order valence-electron chi connectivity index (χ1n) is 8.56. The molecule has 25 heavy (non-hydrogen) atoms. The molecule has 0 spiro atoms. The molecule has 0 amide bonds. The lowest BCUT2D eigenvalue weighted by Gasteiger charge is -2.08. The SMILES string of the molecule is Cc1ccccc1Cn1cc(CNc2cccnc2)c2ccccc21. The van der Waals surface area contributed by atoms with Crippen molar-refractivity contribution in [1.29, 1.82) is 0 Å². The van der Waals surface area contributed by atoms with Crippen LogP contribution in [-0.2, 0) is 13.1 Å². The summed E-state index contributed by atoms with van der Waals surface area (Å²) in [5.74, 6) is 0. The topological polar surface area (TPSA) is 29.9 Å². The minimum atomic E-state index is 0.785. The number of benzene rings is 2. The molecule has 124 valence electrons. The van der Waals surface area contributed by atoms with Crippen molar-refractivity contribution in [1.82, 2.24) is 9.55 Å². The standard InChI is InChI=1S/C22H21N3/c1-17-7-2-3-8-18(17)15-25-16-19(21-10-4-5-11-22(21)25)13-24-20-9-6-12-23-14-20/h2-12,14,16,24H,13,15H2,1H3. The number of anilines is 1. The van der Waals surface area contributed by atoms with Crippen LogP contribution >= 0.6 is 0 Å². The fourth-order valence-corrected chi connectivity index (χ4v) is 3.23. The number of pyridine rings is 1. The highest BCUT2D eigenvalue weighted by atomic mass is 15.0. The maximum absolute atomic E-state index is 4.16. The molecule has 0 unspecified atom stereocenters. The lowest BCUT2D eigenvalue weighted by atomic mass is 10.1. The summed E-state index contributed by atoms with van der Waals surface area (Å²) in [6, 6.07) is 21.2. The Labute approximate surface area is 148 Å². The molecule has 1 N–H and O–H groups in total. The molecule has 0 saturated carbocycles. The van der Waals surface area contributed by atoms with Gasteiger partial charge in [-0.3, -0.25) is 4.98 Å². The van der Waals surface area contributed by atoms with Crippen LogP contribution in [0.5, 0.6) is 0 Å². The molecule has 0 fully saturated rings. The third kappa shape index (κ3) is 3.26. The summed E-state index contributed by atoms with van der Waals surface area (Å²) in [5, 5.41) is 4.76. The van der Waals surface area contributed by atoms with Gasteiger partial charge in [-0.1, -0.05) is 42.5 Å². The highest BCUT2D eigenvalue weighted by Crippen LogP contribution is 2.24. The van der Waals surface area contributed by atoms with E-state index in [-0.39, 0.29) is 0 Å². The fourth-order valence-electron chi connectivity index (χ4n) is 3.23. The van der Waals surface area contributed by atoms with Crippen molar-refractivity contribution >= 4 is 16.6 Å². The van der Waals surface area contributed by atoms with Crippen molar-refractivity contribution in [3.05, 3.63) is 95.9 Å². The van der Waals surface area contributed by atoms with E-state index in [1.807, 2.05) is 18.3 Å². The van der Waals surface area contributed by atoms with Crippen LogP contribution in [0.3, 0.4) is 0 Å². The molecule has 0 aliphatic carbocycles. The maximum atomic E-state index is 4.16. The van der Waals surface area contributed by atoms with Crippen LogP contribution in [0.4, 0.5) is 5.69 Å². The molecule has 0 atom stereocenters. The fraction of sp³-hybridized carbons (Fsp3) is 0.136. The van der Waals surface area contributed by atoms with Gasteiger partial charge in [-0.15, -0.1) is 0 Å². The molecule has 2 aromatic carbocycles. The number of aryl methyl sites for hydroxylation is 1. The Hall–Kier alpha value is -3.07. The van der Waals surface area contributed by atoms with Gasteiger partial charge in [0.15, 0.2) is 0 Å². The van der Waals surface area contributed by atoms with E-state index in [0.29, 0.717) is 0 Å². The minimum absolute atomic E-state index is 0.785. The van der Waals surface area contributed by atoms with E-state index in [1.165, 1.54) is 27.6 Å². The molecule has 0 bridgehead atoms. The zero-order chi connectivity index (χ0) is 17.1. The number of rotatable bonds is 5. The summed E-state index contributed by atoms with van der Waals surface area (Å²) in [7, 11) is 0. The summed E-state index contributed by atoms with van der Waals surface area (Å²) in [6.07, 6.45) is 5.91. The summed E-state index contributed by atoms with van der Waals surface area (Å²) >= 11 is 0. The number of aromatic nitrogens is 2. The minimum Gasteiger partial charge on any atom is -0.380 e. The molecule has 0 aliphatic rings. The van der Waals surface area contributed by atoms with E-state index in [9.17, 15) is 0 Å². The highest BCUT2D eigenvalue weighted by Gasteiger charge is 2.09. The molecule has 0 radical (unpaired) electrons. The quantitative estimate of drug-likeness (QED) is 0.559. The van der Waals surface area contributed by atoms with Crippen molar-refractivity contribution in [2.24, 2.45) is 0 Å². The molecule has 4 rings (SSSR count). The van der Waals surface area contributed by atoms with Crippen LogP contribution < -0.4 is 5.32 Å². The molecular formula is C22H21N3. The number of nitrogens with one attached hydrogen (secondary N) is 1. The van der Waals surface area contributed by atoms with E-state index in [1.54, 1.807) is 6.20 Å². The Morgan fingerprint density at radius 1 is 0.920 bits per heavy atom. The van der Waals surface area contributed by atoms with Gasteiger partial charge in [0, 0.05) is 42.6 Å². The van der Waals surface area contributed by atoms with Crippen LogP contribution in [-0.4, -0.2) is 9.55 Å². The molecule has 3 nitrogen and oxygen atoms in total. The van der Waals surface area contributed by atoms with E-state index in [2.05, 4.69) is 76.5 Å². The number of nitrogens with zero attached hydrogens (tertiary/aromatic N) is 2. The Morgan fingerprint density at radius 3 is 2.60 bits per heavy atom. The second-order valence-electron chi connectivity index (χ2n) is 6.32. The smallest absolute Gasteiger partial charge is 0.0529 e. The lowest BCUT2D eigenvalue weighted by Crippen LogP contribution is -2.01. The van der Waals surface area contributed by atoms with Gasteiger partial charge in [0.2, 0.25) is 0 Å². The zero-order valence-electron chi connectivity index (χ0n) is 14.3. The highest BCUT2D eigenvalue weighted by molar-refractivity contribution is 5.84. The number of hydrogen-bond acceptors (Lipinski definition) is 2. The van der Waals surface area contributed by atoms with E-state index in [4.69, 9.17) is 0 Å². The van der Waals surface area contributed by atoms with Crippen LogP contribution in [0.25, 0.3) is 10.9 Å². The molecule has 3 heteroatoms. The lowest BCUT2D eigenvalue weighted by molar-refractivity contribution is 0.825. The largest absolute Gasteiger partial charge is 0.380 e. The first kappa shape index (κ1) is 15.5. The van der Waals surface area contributed by atoms with Gasteiger partial charge < -0.3 is 9.88 Å². The van der Waals surface area contributed by atoms with Crippen molar-refractivity contribution in [3.63, 3.8) is 0 Å². The maximum Gasteiger partial charge on any atom is 0.0529 e. The first-order valence-corrected chi connectivity index (χ1v) is 8.56. The van der Waals surface area contributed by atoms with Gasteiger partial charge in [-0.2, -0.15) is 0 Å². The predicted octanol–water partition coefficient (Wildman–Crippen LogP) is 5.01. The normalized spacial score (nSPS) is 10.9. The van der Waals surface area contributed by atoms with Crippen molar-refractivity contribution in [2.75, 3.05) is 5.32 Å². The second kappa shape index (κ2) is 6.81. The third-order valence-electron chi connectivity index (χ3n) is 4.62. The van der Waals surface area contributed by atoms with Gasteiger partial charge in [-0.25, -0.2) is 0 Å². The summed E-state index contributed by atoms with van der Waals surface area (Å²) < 4.78 is 2.35. The Bertz CT molecular complexity index is 987. The van der Waals surface area contributed by atoms with Crippen LogP contribution in [0, 0.1) is 6.92 Å². The Balaban J connectivity index is 1.65. The first-order chi connectivity index (χ1) is 12.3. The summed E-state index contributed by atoms with van der Waals surface area (Å²) in [5.41, 5.74) is 6.30. The van der Waals surface area contributed by atoms with Gasteiger partial charge in [0.05, 0.1) is 5.69 Å². The molecule has 0 saturated heterocycles. The molecular weight excluding hydrogens is 306 g/mol. The Kier molecular flexibility index (Phi) is 4.21. The van der Waals surface area contributed by atoms with Crippen LogP contribution in [0.2, 0.25) is 0 Å². The number of para-hydroxylation sites is 1. The monoisotopic (exact) mass is 327 g/mol. The molecule has 0 aliphatic heterocycles. The van der Waals surface area contributed by atoms with Crippen molar-refractivity contribution in [2.45, 2.75) is 20.0 Å². The molecule has 2 aromatic heterocycles. The van der Waals surface area contributed by atoms with Crippen molar-refractivity contribution in [3.8, 4) is 0 Å². The van der Waals surface area contributed by atoms with Crippen LogP contribution in [0.1, 0.15) is 16.7 Å². The van der Waals surface area contributed by atoms with Crippen molar-refractivity contribution < 1.29 is 0 Å². The van der Waals surface area contributed by atoms with Gasteiger partial charge in [-0.05, 0) is 41.8 Å². The number of hydrogen-bond donors (Lipinski definition) is 1. The van der Waals surface area contributed by atoms with Gasteiger partial charge in [0.25, 0.3) is 0 Å². The van der Waals surface area contributed by atoms with Gasteiger partial charge in [0.1, 0.15) is 0 Å². The van der Waals surface area contributed by atoms with E-state index >= 15 is 0 Å². The van der Waals surface area contributed by atoms with Crippen LogP contribution in [0.15, 0.2) is 79.3 Å². The molecule has 2 heterocycles. The van der Waals surface area contributed by atoms with Gasteiger partial charge >= 0.3 is 0 Å². The summed E-state index contributed by atoms with van der Waals surface area (Å²) in [6.45, 7) is 3.85. The predicted molar refractivity (Wildman–Crippen MR) is 104 cm³/mol. The van der Waals surface area contributed by atoms with E-state index in [0.717, 1.165) is 18.8 Å².